The molecule has 98 valence electrons. The molecule has 4 nitrogen and oxygen atoms in total. The fourth-order valence-electron chi connectivity index (χ4n) is 1.41. The summed E-state index contributed by atoms with van der Waals surface area (Å²) >= 11 is 5.83. The quantitative estimate of drug-likeness (QED) is 0.813. The molecule has 0 aliphatic carbocycles. The van der Waals surface area contributed by atoms with Gasteiger partial charge in [0.05, 0.1) is 10.6 Å². The van der Waals surface area contributed by atoms with Gasteiger partial charge in [-0.05, 0) is 13.0 Å². The topological polar surface area (TPSA) is 51.4 Å². The maximum Gasteiger partial charge on any atom is 0.501 e. The lowest BCUT2D eigenvalue weighted by Gasteiger charge is -2.07. The van der Waals surface area contributed by atoms with E-state index in [1.54, 1.807) is 6.92 Å². The molecular weight excluding hydrogens is 293 g/mol. The summed E-state index contributed by atoms with van der Waals surface area (Å²) in [6.45, 7) is 1.56. The van der Waals surface area contributed by atoms with Crippen LogP contribution in [0.25, 0.3) is 5.65 Å². The molecule has 18 heavy (non-hydrogen) atoms. The van der Waals surface area contributed by atoms with Gasteiger partial charge in [-0.3, -0.25) is 4.40 Å². The highest BCUT2D eigenvalue weighted by atomic mass is 35.5. The van der Waals surface area contributed by atoms with Gasteiger partial charge in [-0.2, -0.15) is 13.2 Å². The molecule has 0 aliphatic rings. The monoisotopic (exact) mass is 298 g/mol. The number of hydrogen-bond donors (Lipinski definition) is 0. The lowest BCUT2D eigenvalue weighted by Crippen LogP contribution is -2.23. The zero-order chi connectivity index (χ0) is 13.7. The van der Waals surface area contributed by atoms with Crippen LogP contribution in [-0.4, -0.2) is 23.3 Å². The van der Waals surface area contributed by atoms with Gasteiger partial charge in [0, 0.05) is 12.3 Å². The Hall–Kier alpha value is -1.28. The lowest BCUT2D eigenvalue weighted by molar-refractivity contribution is -0.0435. The van der Waals surface area contributed by atoms with Gasteiger partial charge in [0.1, 0.15) is 10.8 Å². The summed E-state index contributed by atoms with van der Waals surface area (Å²) in [7, 11) is -5.37. The summed E-state index contributed by atoms with van der Waals surface area (Å²) in [4.78, 5) is 3.01. The van der Waals surface area contributed by atoms with Crippen molar-refractivity contribution < 1.29 is 21.6 Å². The molecule has 0 fully saturated rings. The van der Waals surface area contributed by atoms with E-state index in [1.165, 1.54) is 4.40 Å². The van der Waals surface area contributed by atoms with Gasteiger partial charge in [0.25, 0.3) is 9.84 Å². The third kappa shape index (κ3) is 1.85. The van der Waals surface area contributed by atoms with Gasteiger partial charge >= 0.3 is 5.51 Å². The number of aromatic nitrogens is 2. The SMILES string of the molecule is Cc1nc2cc(S(=O)(=O)C(F)(F)F)ccn2c1Cl. The van der Waals surface area contributed by atoms with Crippen molar-refractivity contribution in [1.82, 2.24) is 9.38 Å². The summed E-state index contributed by atoms with van der Waals surface area (Å²) < 4.78 is 60.8. The maximum atomic E-state index is 12.4. The minimum Gasteiger partial charge on any atom is -0.290 e. The summed E-state index contributed by atoms with van der Waals surface area (Å²) in [5.41, 5.74) is -4.89. The van der Waals surface area contributed by atoms with Crippen molar-refractivity contribution in [2.24, 2.45) is 0 Å². The van der Waals surface area contributed by atoms with E-state index in [0.29, 0.717) is 5.69 Å². The Labute approximate surface area is 105 Å². The van der Waals surface area contributed by atoms with Crippen LogP contribution in [0.5, 0.6) is 0 Å². The second kappa shape index (κ2) is 3.86. The Morgan fingerprint density at radius 1 is 1.39 bits per heavy atom. The van der Waals surface area contributed by atoms with E-state index < -0.39 is 20.2 Å². The molecule has 0 saturated carbocycles. The van der Waals surface area contributed by atoms with Crippen LogP contribution < -0.4 is 0 Å². The molecular formula is C9H6ClF3N2O2S. The molecule has 0 bridgehead atoms. The van der Waals surface area contributed by atoms with E-state index in [2.05, 4.69) is 4.98 Å². The van der Waals surface area contributed by atoms with Crippen LogP contribution in [0.4, 0.5) is 13.2 Å². The molecule has 2 aromatic rings. The molecule has 0 N–H and O–H groups in total. The number of sulfone groups is 1. The standard InChI is InChI=1S/C9H6ClF3N2O2S/c1-5-8(10)15-3-2-6(4-7(15)14-5)18(16,17)9(11,12)13/h2-4H,1H3. The first-order valence-corrected chi connectivity index (χ1v) is 6.46. The first-order valence-electron chi connectivity index (χ1n) is 4.60. The number of hydrogen-bond acceptors (Lipinski definition) is 3. The molecule has 0 aliphatic heterocycles. The van der Waals surface area contributed by atoms with E-state index in [1.807, 2.05) is 0 Å². The number of pyridine rings is 1. The van der Waals surface area contributed by atoms with Gasteiger partial charge < -0.3 is 0 Å². The molecule has 0 unspecified atom stereocenters. The van der Waals surface area contributed by atoms with Crippen molar-refractivity contribution in [2.75, 3.05) is 0 Å². The second-order valence-corrected chi connectivity index (χ2v) is 5.83. The van der Waals surface area contributed by atoms with Crippen molar-refractivity contribution in [3.05, 3.63) is 29.2 Å². The number of alkyl halides is 3. The molecule has 2 rings (SSSR count). The second-order valence-electron chi connectivity index (χ2n) is 3.53. The Balaban J connectivity index is 2.69. The Morgan fingerprint density at radius 3 is 2.56 bits per heavy atom. The van der Waals surface area contributed by atoms with Crippen LogP contribution in [-0.2, 0) is 9.84 Å². The van der Waals surface area contributed by atoms with Gasteiger partial charge in [-0.1, -0.05) is 11.6 Å². The number of halogens is 4. The Kier molecular flexibility index (Phi) is 2.82. The molecule has 0 atom stereocenters. The number of fused-ring (bicyclic) bond motifs is 1. The molecule has 9 heteroatoms. The third-order valence-corrected chi connectivity index (χ3v) is 4.25. The largest absolute Gasteiger partial charge is 0.501 e. The zero-order valence-corrected chi connectivity index (χ0v) is 10.4. The number of nitrogens with zero attached hydrogens (tertiary/aromatic N) is 2. The minimum absolute atomic E-state index is 0.0443. The summed E-state index contributed by atoms with van der Waals surface area (Å²) in [6, 6.07) is 1.67. The third-order valence-electron chi connectivity index (χ3n) is 2.31. The summed E-state index contributed by atoms with van der Waals surface area (Å²) in [5.74, 6) is 0. The molecule has 0 aromatic carbocycles. The average molecular weight is 299 g/mol. The fraction of sp³-hybridized carbons (Fsp3) is 0.222. The normalized spacial score (nSPS) is 13.2. The summed E-state index contributed by atoms with van der Waals surface area (Å²) in [5, 5.41) is 0.223. The number of rotatable bonds is 1. The maximum absolute atomic E-state index is 12.4. The van der Waals surface area contributed by atoms with Crippen LogP contribution in [0, 0.1) is 6.92 Å². The van der Waals surface area contributed by atoms with Crippen molar-refractivity contribution in [3.8, 4) is 0 Å². The van der Waals surface area contributed by atoms with Gasteiger partial charge in [0.2, 0.25) is 0 Å². The number of imidazole rings is 1. The van der Waals surface area contributed by atoms with Crippen molar-refractivity contribution in [1.29, 1.82) is 0 Å². The van der Waals surface area contributed by atoms with Crippen LogP contribution in [0.1, 0.15) is 5.69 Å². The summed E-state index contributed by atoms with van der Waals surface area (Å²) in [6.07, 6.45) is 1.14. The van der Waals surface area contributed by atoms with Gasteiger partial charge in [-0.25, -0.2) is 13.4 Å². The van der Waals surface area contributed by atoms with Crippen LogP contribution >= 0.6 is 11.6 Å². The Morgan fingerprint density at radius 2 is 2.00 bits per heavy atom. The van der Waals surface area contributed by atoms with Crippen molar-refractivity contribution >= 4 is 27.1 Å². The predicted octanol–water partition coefficient (Wildman–Crippen LogP) is 2.59. The minimum atomic E-state index is -5.37. The first kappa shape index (κ1) is 13.2. The zero-order valence-electron chi connectivity index (χ0n) is 8.86. The first-order chi connectivity index (χ1) is 8.14. The van der Waals surface area contributed by atoms with E-state index in [9.17, 15) is 21.6 Å². The molecule has 0 amide bonds. The Bertz CT molecular complexity index is 721. The molecule has 0 saturated heterocycles. The van der Waals surface area contributed by atoms with Crippen LogP contribution in [0.2, 0.25) is 5.15 Å². The van der Waals surface area contributed by atoms with Gasteiger partial charge in [0.15, 0.2) is 0 Å². The average Bonchev–Trinajstić information content (AvgIpc) is 2.53. The lowest BCUT2D eigenvalue weighted by atomic mass is 10.5. The van der Waals surface area contributed by atoms with Crippen molar-refractivity contribution in [3.63, 3.8) is 0 Å². The van der Waals surface area contributed by atoms with E-state index >= 15 is 0 Å². The highest BCUT2D eigenvalue weighted by molar-refractivity contribution is 7.92. The predicted molar refractivity (Wildman–Crippen MR) is 58.2 cm³/mol. The van der Waals surface area contributed by atoms with Crippen LogP contribution in [0.15, 0.2) is 23.2 Å². The fourth-order valence-corrected chi connectivity index (χ4v) is 2.37. The van der Waals surface area contributed by atoms with E-state index in [-0.39, 0.29) is 10.8 Å². The molecule has 0 radical (unpaired) electrons. The highest BCUT2D eigenvalue weighted by Crippen LogP contribution is 2.31. The highest BCUT2D eigenvalue weighted by Gasteiger charge is 2.47. The van der Waals surface area contributed by atoms with Gasteiger partial charge in [-0.15, -0.1) is 0 Å². The molecule has 2 aromatic heterocycles. The number of aryl methyl sites for hydroxylation is 1. The van der Waals surface area contributed by atoms with Crippen LogP contribution in [0.3, 0.4) is 0 Å². The van der Waals surface area contributed by atoms with E-state index in [4.69, 9.17) is 11.6 Å². The smallest absolute Gasteiger partial charge is 0.290 e. The van der Waals surface area contributed by atoms with E-state index in [0.717, 1.165) is 18.3 Å². The molecule has 2 heterocycles. The van der Waals surface area contributed by atoms with Crippen molar-refractivity contribution in [2.45, 2.75) is 17.3 Å². The molecule has 0 spiro atoms.